The van der Waals surface area contributed by atoms with E-state index in [4.69, 9.17) is 24.0 Å². The maximum absolute atomic E-state index is 6.41. The molecule has 1 atom stereocenters. The molecule has 1 unspecified atom stereocenters. The summed E-state index contributed by atoms with van der Waals surface area (Å²) in [6, 6.07) is 22.3. The predicted octanol–water partition coefficient (Wildman–Crippen LogP) is 6.58. The minimum Gasteiger partial charge on any atom is -0.493 e. The van der Waals surface area contributed by atoms with Crippen LogP contribution in [-0.2, 0) is 11.4 Å². The highest BCUT2D eigenvalue weighted by Crippen LogP contribution is 2.51. The highest BCUT2D eigenvalue weighted by atomic mass is 32.1. The van der Waals surface area contributed by atoms with Gasteiger partial charge in [0.25, 0.3) is 0 Å². The third kappa shape index (κ3) is 4.33. The zero-order chi connectivity index (χ0) is 27.9. The second-order valence-corrected chi connectivity index (χ2v) is 10.5. The molecule has 0 N–H and O–H groups in total. The summed E-state index contributed by atoms with van der Waals surface area (Å²) in [5.41, 5.74) is 4.24. The lowest BCUT2D eigenvalue weighted by Gasteiger charge is -2.29. The molecule has 0 radical (unpaired) electrons. The van der Waals surface area contributed by atoms with Gasteiger partial charge in [-0.15, -0.1) is 16.4 Å². The van der Waals surface area contributed by atoms with Crippen LogP contribution in [0.2, 0.25) is 0 Å². The van der Waals surface area contributed by atoms with Crippen LogP contribution in [0.4, 0.5) is 0 Å². The highest BCUT2D eigenvalue weighted by Gasteiger charge is 2.35. The maximum Gasteiger partial charge on any atom is 0.228 e. The summed E-state index contributed by atoms with van der Waals surface area (Å²) in [7, 11) is 3.26. The molecule has 6 aromatic rings. The number of nitrogens with zero attached hydrogens (tertiary/aromatic N) is 5. The number of benzene rings is 3. The molecule has 10 heteroatoms. The van der Waals surface area contributed by atoms with Crippen LogP contribution in [0, 0.1) is 0 Å². The summed E-state index contributed by atoms with van der Waals surface area (Å²) in [5.74, 6) is 2.72. The predicted molar refractivity (Wildman–Crippen MR) is 157 cm³/mol. The topological polar surface area (TPSA) is 92.4 Å². The Morgan fingerprint density at radius 3 is 2.71 bits per heavy atom. The minimum absolute atomic E-state index is 0.112. The molecule has 3 aromatic heterocycles. The van der Waals surface area contributed by atoms with E-state index in [1.165, 1.54) is 0 Å². The molecule has 204 valence electrons. The van der Waals surface area contributed by atoms with Gasteiger partial charge in [-0.2, -0.15) is 0 Å². The van der Waals surface area contributed by atoms with Crippen molar-refractivity contribution in [2.24, 2.45) is 5.16 Å². The van der Waals surface area contributed by atoms with E-state index in [0.29, 0.717) is 28.9 Å². The molecule has 41 heavy (non-hydrogen) atoms. The van der Waals surface area contributed by atoms with E-state index in [0.717, 1.165) is 43.8 Å². The van der Waals surface area contributed by atoms with Crippen molar-refractivity contribution in [2.75, 3.05) is 14.2 Å². The van der Waals surface area contributed by atoms with E-state index in [1.807, 2.05) is 60.8 Å². The quantitative estimate of drug-likeness (QED) is 0.160. The van der Waals surface area contributed by atoms with Crippen LogP contribution in [0.1, 0.15) is 40.2 Å². The van der Waals surface area contributed by atoms with Crippen molar-refractivity contribution in [1.29, 1.82) is 0 Å². The lowest BCUT2D eigenvalue weighted by molar-refractivity contribution is 0.125. The standard InChI is InChI=1S/C31H25N5O4S/c1-18(25-9-6-14-41-25)35-39-16-26-33-30-29-27(20-11-12-22(37-2)24(15-20)38-3)28-21-8-5-4-7-19(21)10-13-23(28)40-31(29)32-17-36(30)34-26/h4-15,17,27H,16H2,1-3H3. The molecule has 0 aliphatic carbocycles. The van der Waals surface area contributed by atoms with E-state index in [-0.39, 0.29) is 12.5 Å². The SMILES string of the molecule is COc1ccc(C2c3c(ccc4ccccc34)Oc3ncn4nc(CON=C(C)c5cccs5)nc4c32)cc1OC. The van der Waals surface area contributed by atoms with Gasteiger partial charge in [0.15, 0.2) is 29.6 Å². The number of methoxy groups -OCH3 is 2. The number of fused-ring (bicyclic) bond motifs is 6. The number of rotatable bonds is 7. The van der Waals surface area contributed by atoms with Gasteiger partial charge < -0.3 is 19.0 Å². The van der Waals surface area contributed by atoms with Gasteiger partial charge in [-0.25, -0.2) is 14.5 Å². The molecule has 3 aromatic carbocycles. The average Bonchev–Trinajstić information content (AvgIpc) is 3.70. The van der Waals surface area contributed by atoms with Gasteiger partial charge in [-0.1, -0.05) is 47.6 Å². The third-order valence-electron chi connectivity index (χ3n) is 7.16. The molecule has 7 rings (SSSR count). The molecular formula is C31H25N5O4S. The fourth-order valence-corrected chi connectivity index (χ4v) is 5.96. The van der Waals surface area contributed by atoms with E-state index in [1.54, 1.807) is 36.4 Å². The second kappa shape index (κ2) is 10.2. The number of thiophene rings is 1. The largest absolute Gasteiger partial charge is 0.493 e. The first-order valence-corrected chi connectivity index (χ1v) is 13.9. The van der Waals surface area contributed by atoms with Crippen molar-refractivity contribution >= 4 is 33.5 Å². The zero-order valence-electron chi connectivity index (χ0n) is 22.6. The van der Waals surface area contributed by atoms with Crippen molar-refractivity contribution in [3.63, 3.8) is 0 Å². The lowest BCUT2D eigenvalue weighted by Crippen LogP contribution is -2.15. The summed E-state index contributed by atoms with van der Waals surface area (Å²) in [5, 5.41) is 13.1. The number of oxime groups is 1. The van der Waals surface area contributed by atoms with Crippen molar-refractivity contribution in [3.8, 4) is 23.1 Å². The van der Waals surface area contributed by atoms with E-state index in [2.05, 4.69) is 33.4 Å². The molecule has 4 heterocycles. The van der Waals surface area contributed by atoms with E-state index >= 15 is 0 Å². The number of hydrogen-bond donors (Lipinski definition) is 0. The van der Waals surface area contributed by atoms with Gasteiger partial charge >= 0.3 is 0 Å². The molecule has 0 saturated heterocycles. The van der Waals surface area contributed by atoms with E-state index in [9.17, 15) is 0 Å². The Morgan fingerprint density at radius 2 is 1.88 bits per heavy atom. The Hall–Kier alpha value is -4.96. The first-order chi connectivity index (χ1) is 20.1. The Labute approximate surface area is 239 Å². The van der Waals surface area contributed by atoms with Crippen LogP contribution >= 0.6 is 11.3 Å². The van der Waals surface area contributed by atoms with Gasteiger partial charge in [0.1, 0.15) is 12.1 Å². The van der Waals surface area contributed by atoms with Gasteiger partial charge in [0.05, 0.1) is 30.4 Å². The van der Waals surface area contributed by atoms with Gasteiger partial charge in [-0.05, 0) is 52.9 Å². The summed E-state index contributed by atoms with van der Waals surface area (Å²) in [6.07, 6.45) is 1.61. The van der Waals surface area contributed by atoms with Crippen LogP contribution in [0.15, 0.2) is 83.6 Å². The Morgan fingerprint density at radius 1 is 1.00 bits per heavy atom. The molecule has 9 nitrogen and oxygen atoms in total. The molecule has 0 amide bonds. The average molecular weight is 564 g/mol. The van der Waals surface area contributed by atoms with Crippen molar-refractivity contribution < 1.29 is 19.0 Å². The Bertz CT molecular complexity index is 1930. The van der Waals surface area contributed by atoms with Crippen LogP contribution in [0.3, 0.4) is 0 Å². The first kappa shape index (κ1) is 25.0. The van der Waals surface area contributed by atoms with Gasteiger partial charge in [0.2, 0.25) is 5.88 Å². The van der Waals surface area contributed by atoms with Crippen molar-refractivity contribution in [3.05, 3.63) is 106 Å². The smallest absolute Gasteiger partial charge is 0.228 e. The summed E-state index contributed by atoms with van der Waals surface area (Å²) in [4.78, 5) is 16.2. The summed E-state index contributed by atoms with van der Waals surface area (Å²) >= 11 is 1.61. The van der Waals surface area contributed by atoms with Crippen LogP contribution in [0.25, 0.3) is 16.4 Å². The minimum atomic E-state index is -0.270. The first-order valence-electron chi connectivity index (χ1n) is 13.0. The fourth-order valence-electron chi connectivity index (χ4n) is 5.29. The van der Waals surface area contributed by atoms with Crippen LogP contribution in [0.5, 0.6) is 23.1 Å². The van der Waals surface area contributed by atoms with Crippen LogP contribution < -0.4 is 14.2 Å². The fraction of sp³-hybridized carbons (Fsp3) is 0.161. The summed E-state index contributed by atoms with van der Waals surface area (Å²) in [6.45, 7) is 2.02. The molecule has 0 saturated carbocycles. The van der Waals surface area contributed by atoms with Gasteiger partial charge in [0, 0.05) is 11.5 Å². The van der Waals surface area contributed by atoms with E-state index < -0.39 is 0 Å². The number of ether oxygens (including phenoxy) is 3. The molecule has 1 aliphatic rings. The number of aromatic nitrogens is 4. The van der Waals surface area contributed by atoms with Crippen LogP contribution in [-0.4, -0.2) is 39.5 Å². The molecule has 0 bridgehead atoms. The Kier molecular flexibility index (Phi) is 6.24. The molecule has 1 aliphatic heterocycles. The second-order valence-electron chi connectivity index (χ2n) is 9.54. The molecular weight excluding hydrogens is 538 g/mol. The highest BCUT2D eigenvalue weighted by molar-refractivity contribution is 7.12. The monoisotopic (exact) mass is 563 g/mol. The number of hydrogen-bond acceptors (Lipinski definition) is 9. The Balaban J connectivity index is 1.37. The molecule has 0 fully saturated rings. The van der Waals surface area contributed by atoms with Crippen molar-refractivity contribution in [1.82, 2.24) is 19.6 Å². The third-order valence-corrected chi connectivity index (χ3v) is 8.14. The summed E-state index contributed by atoms with van der Waals surface area (Å²) < 4.78 is 19.3. The normalized spacial score (nSPS) is 14.4. The lowest BCUT2D eigenvalue weighted by atomic mass is 9.81. The molecule has 0 spiro atoms. The maximum atomic E-state index is 6.41. The van der Waals surface area contributed by atoms with Gasteiger partial charge in [-0.3, -0.25) is 0 Å². The van der Waals surface area contributed by atoms with Crippen molar-refractivity contribution in [2.45, 2.75) is 19.4 Å². The zero-order valence-corrected chi connectivity index (χ0v) is 23.4.